The molecule has 2 aromatic heterocycles. The van der Waals surface area contributed by atoms with E-state index in [2.05, 4.69) is 19.2 Å². The van der Waals surface area contributed by atoms with E-state index in [0.717, 1.165) is 21.7 Å². The number of carbonyl (C=O) groups excluding carboxylic acids is 1. The van der Waals surface area contributed by atoms with Crippen LogP contribution < -0.4 is 10.9 Å². The van der Waals surface area contributed by atoms with Gasteiger partial charge in [0, 0.05) is 31.2 Å². The molecule has 2 aromatic rings. The number of aromatic nitrogens is 2. The van der Waals surface area contributed by atoms with Crippen LogP contribution in [0.5, 0.6) is 0 Å². The van der Waals surface area contributed by atoms with Crippen LogP contribution in [0.15, 0.2) is 9.95 Å². The molecule has 0 aromatic carbocycles. The Morgan fingerprint density at radius 3 is 2.78 bits per heavy atom. The lowest BCUT2D eigenvalue weighted by Crippen LogP contribution is -2.29. The second-order valence-corrected chi connectivity index (χ2v) is 9.00. The summed E-state index contributed by atoms with van der Waals surface area (Å²) in [5, 5.41) is 4.20. The molecule has 1 N–H and O–H groups in total. The van der Waals surface area contributed by atoms with Crippen LogP contribution in [-0.4, -0.2) is 41.0 Å². The highest BCUT2D eigenvalue weighted by molar-refractivity contribution is 7.99. The summed E-state index contributed by atoms with van der Waals surface area (Å²) < 4.78 is 7.09. The number of nitrogens with one attached hydrogen (secondary N) is 1. The van der Waals surface area contributed by atoms with Crippen molar-refractivity contribution >= 4 is 39.2 Å². The Labute approximate surface area is 168 Å². The zero-order valence-electron chi connectivity index (χ0n) is 16.8. The average molecular weight is 412 g/mol. The van der Waals surface area contributed by atoms with Gasteiger partial charge in [-0.25, -0.2) is 4.98 Å². The molecule has 0 aliphatic heterocycles. The summed E-state index contributed by atoms with van der Waals surface area (Å²) in [6, 6.07) is 0. The summed E-state index contributed by atoms with van der Waals surface area (Å²) in [5.41, 5.74) is 0.973. The van der Waals surface area contributed by atoms with E-state index in [1.54, 1.807) is 4.57 Å². The van der Waals surface area contributed by atoms with Crippen LogP contribution in [0, 0.1) is 19.8 Å². The van der Waals surface area contributed by atoms with Gasteiger partial charge in [-0.2, -0.15) is 0 Å². The van der Waals surface area contributed by atoms with E-state index >= 15 is 0 Å². The van der Waals surface area contributed by atoms with Gasteiger partial charge in [-0.3, -0.25) is 14.2 Å². The van der Waals surface area contributed by atoms with Crippen LogP contribution in [0.25, 0.3) is 10.2 Å². The maximum absolute atomic E-state index is 13.1. The van der Waals surface area contributed by atoms with Crippen molar-refractivity contribution in [1.29, 1.82) is 0 Å². The third kappa shape index (κ3) is 5.80. The van der Waals surface area contributed by atoms with Crippen molar-refractivity contribution < 1.29 is 9.53 Å². The highest BCUT2D eigenvalue weighted by Crippen LogP contribution is 2.28. The van der Waals surface area contributed by atoms with Gasteiger partial charge in [0.25, 0.3) is 5.56 Å². The Balaban J connectivity index is 2.26. The quantitative estimate of drug-likeness (QED) is 0.369. The predicted molar refractivity (Wildman–Crippen MR) is 113 cm³/mol. The zero-order chi connectivity index (χ0) is 20.0. The van der Waals surface area contributed by atoms with E-state index in [1.165, 1.54) is 23.1 Å². The topological polar surface area (TPSA) is 73.2 Å². The van der Waals surface area contributed by atoms with Gasteiger partial charge >= 0.3 is 0 Å². The number of thiophene rings is 1. The minimum absolute atomic E-state index is 0.0246. The van der Waals surface area contributed by atoms with Gasteiger partial charge in [-0.1, -0.05) is 25.6 Å². The standard InChI is InChI=1S/C19H29N3O3S2/c1-6-25-9-7-8-22-18(24)16-13(4)14(5)27-17(16)21-19(22)26-11-15(23)20-10-12(2)3/h12H,6-11H2,1-5H3,(H,20,23). The number of aryl methyl sites for hydroxylation is 2. The van der Waals surface area contributed by atoms with Gasteiger partial charge in [-0.15, -0.1) is 11.3 Å². The SMILES string of the molecule is CCOCCCn1c(SCC(=O)NCC(C)C)nc2sc(C)c(C)c2c1=O. The lowest BCUT2D eigenvalue weighted by atomic mass is 10.2. The molecule has 0 radical (unpaired) electrons. The van der Waals surface area contributed by atoms with Crippen LogP contribution >= 0.6 is 23.1 Å². The minimum Gasteiger partial charge on any atom is -0.382 e. The van der Waals surface area contributed by atoms with Crippen LogP contribution in [0.2, 0.25) is 0 Å². The molecule has 8 heteroatoms. The summed E-state index contributed by atoms with van der Waals surface area (Å²) in [4.78, 5) is 31.7. The van der Waals surface area contributed by atoms with Crippen LogP contribution in [-0.2, 0) is 16.1 Å². The van der Waals surface area contributed by atoms with Crippen molar-refractivity contribution in [3.8, 4) is 0 Å². The summed E-state index contributed by atoms with van der Waals surface area (Å²) in [6.45, 7) is 12.5. The first kappa shape index (κ1) is 21.9. The molecule has 0 aliphatic rings. The number of nitrogens with zero attached hydrogens (tertiary/aromatic N) is 2. The summed E-state index contributed by atoms with van der Waals surface area (Å²) in [7, 11) is 0. The first-order valence-corrected chi connectivity index (χ1v) is 11.1. The molecule has 2 rings (SSSR count). The van der Waals surface area contributed by atoms with E-state index < -0.39 is 0 Å². The Morgan fingerprint density at radius 1 is 1.37 bits per heavy atom. The van der Waals surface area contributed by atoms with Crippen molar-refractivity contribution in [3.05, 3.63) is 20.8 Å². The van der Waals surface area contributed by atoms with E-state index in [1.807, 2.05) is 20.8 Å². The molecule has 2 heterocycles. The second kappa shape index (κ2) is 10.2. The highest BCUT2D eigenvalue weighted by Gasteiger charge is 2.17. The number of hydrogen-bond acceptors (Lipinski definition) is 6. The predicted octanol–water partition coefficient (Wildman–Crippen LogP) is 3.37. The van der Waals surface area contributed by atoms with E-state index in [0.29, 0.717) is 42.8 Å². The fraction of sp³-hybridized carbons (Fsp3) is 0.632. The summed E-state index contributed by atoms with van der Waals surface area (Å²) in [5.74, 6) is 0.615. The number of rotatable bonds is 10. The molecule has 1 amide bonds. The van der Waals surface area contributed by atoms with E-state index in [-0.39, 0.29) is 17.2 Å². The Morgan fingerprint density at radius 2 is 2.11 bits per heavy atom. The first-order valence-electron chi connectivity index (χ1n) is 9.32. The molecule has 0 fully saturated rings. The van der Waals surface area contributed by atoms with Crippen molar-refractivity contribution in [2.24, 2.45) is 5.92 Å². The number of fused-ring (bicyclic) bond motifs is 1. The third-order valence-corrected chi connectivity index (χ3v) is 6.25. The number of hydrogen-bond donors (Lipinski definition) is 1. The number of thioether (sulfide) groups is 1. The first-order chi connectivity index (χ1) is 12.8. The maximum Gasteiger partial charge on any atom is 0.263 e. The van der Waals surface area contributed by atoms with Crippen LogP contribution in [0.3, 0.4) is 0 Å². The molecule has 0 spiro atoms. The second-order valence-electron chi connectivity index (χ2n) is 6.85. The van der Waals surface area contributed by atoms with Gasteiger partial charge in [-0.05, 0) is 38.7 Å². The lowest BCUT2D eigenvalue weighted by molar-refractivity contribution is -0.118. The van der Waals surface area contributed by atoms with Crippen LogP contribution in [0.1, 0.15) is 37.6 Å². The van der Waals surface area contributed by atoms with Crippen molar-refractivity contribution in [3.63, 3.8) is 0 Å². The van der Waals surface area contributed by atoms with Gasteiger partial charge < -0.3 is 10.1 Å². The van der Waals surface area contributed by atoms with E-state index in [9.17, 15) is 9.59 Å². The number of carbonyl (C=O) groups is 1. The molecule has 0 bridgehead atoms. The largest absolute Gasteiger partial charge is 0.382 e. The molecule has 0 aliphatic carbocycles. The van der Waals surface area contributed by atoms with Gasteiger partial charge in [0.2, 0.25) is 5.91 Å². The number of amides is 1. The Hall–Kier alpha value is -1.38. The highest BCUT2D eigenvalue weighted by atomic mass is 32.2. The lowest BCUT2D eigenvalue weighted by Gasteiger charge is -2.12. The van der Waals surface area contributed by atoms with Crippen molar-refractivity contribution in [2.45, 2.75) is 52.7 Å². The zero-order valence-corrected chi connectivity index (χ0v) is 18.4. The average Bonchev–Trinajstić information content (AvgIpc) is 2.91. The Kier molecular flexibility index (Phi) is 8.31. The molecular formula is C19H29N3O3S2. The van der Waals surface area contributed by atoms with Gasteiger partial charge in [0.1, 0.15) is 4.83 Å². The monoisotopic (exact) mass is 411 g/mol. The molecule has 27 heavy (non-hydrogen) atoms. The Bertz CT molecular complexity index is 843. The molecule has 0 saturated heterocycles. The fourth-order valence-corrected chi connectivity index (χ4v) is 4.51. The normalized spacial score (nSPS) is 11.5. The van der Waals surface area contributed by atoms with Crippen molar-refractivity contribution in [2.75, 3.05) is 25.5 Å². The van der Waals surface area contributed by atoms with Crippen molar-refractivity contribution in [1.82, 2.24) is 14.9 Å². The maximum atomic E-state index is 13.1. The third-order valence-electron chi connectivity index (χ3n) is 4.17. The molecule has 0 unspecified atom stereocenters. The molecule has 0 saturated carbocycles. The van der Waals surface area contributed by atoms with Crippen LogP contribution in [0.4, 0.5) is 0 Å². The molecular weight excluding hydrogens is 382 g/mol. The molecule has 150 valence electrons. The fourth-order valence-electron chi connectivity index (χ4n) is 2.58. The van der Waals surface area contributed by atoms with E-state index in [4.69, 9.17) is 9.72 Å². The van der Waals surface area contributed by atoms with Gasteiger partial charge in [0.15, 0.2) is 5.16 Å². The smallest absolute Gasteiger partial charge is 0.263 e. The van der Waals surface area contributed by atoms with Gasteiger partial charge in [0.05, 0.1) is 11.1 Å². The summed E-state index contributed by atoms with van der Waals surface area (Å²) in [6.07, 6.45) is 0.732. The minimum atomic E-state index is -0.0394. The summed E-state index contributed by atoms with van der Waals surface area (Å²) >= 11 is 2.85. The number of ether oxygens (including phenoxy) is 1. The molecule has 0 atom stereocenters. The molecule has 6 nitrogen and oxygen atoms in total.